The van der Waals surface area contributed by atoms with E-state index in [1.165, 1.54) is 5.56 Å². The van der Waals surface area contributed by atoms with E-state index in [2.05, 4.69) is 12.2 Å². The molecule has 76 valence electrons. The lowest BCUT2D eigenvalue weighted by Crippen LogP contribution is -1.97. The number of hydrogen-bond donors (Lipinski definition) is 1. The van der Waals surface area contributed by atoms with Gasteiger partial charge in [0.2, 0.25) is 0 Å². The van der Waals surface area contributed by atoms with Crippen LogP contribution in [-0.2, 0) is 0 Å². The van der Waals surface area contributed by atoms with Gasteiger partial charge in [-0.2, -0.15) is 0 Å². The van der Waals surface area contributed by atoms with E-state index in [-0.39, 0.29) is 0 Å². The van der Waals surface area contributed by atoms with Gasteiger partial charge in [0.05, 0.1) is 14.2 Å². The molecule has 3 heteroatoms. The smallest absolute Gasteiger partial charge is 0.128 e. The van der Waals surface area contributed by atoms with Crippen LogP contribution in [0.2, 0.25) is 0 Å². The highest BCUT2D eigenvalue weighted by Crippen LogP contribution is 2.41. The summed E-state index contributed by atoms with van der Waals surface area (Å²) in [5.41, 5.74) is 2.39. The number of benzene rings is 1. The Labute approximate surface area is 84.0 Å². The van der Waals surface area contributed by atoms with E-state index in [9.17, 15) is 0 Å². The van der Waals surface area contributed by atoms with Crippen LogP contribution in [0.25, 0.3) is 0 Å². The Hall–Kier alpha value is -1.38. The molecular formula is C11H15NO2. The van der Waals surface area contributed by atoms with Gasteiger partial charge in [-0.05, 0) is 0 Å². The minimum atomic E-state index is 0.505. The molecular weight excluding hydrogens is 178 g/mol. The lowest BCUT2D eigenvalue weighted by Gasteiger charge is -2.11. The Kier molecular flexibility index (Phi) is 2.23. The lowest BCUT2D eigenvalue weighted by atomic mass is 10.0. The van der Waals surface area contributed by atoms with Crippen molar-refractivity contribution in [3.05, 3.63) is 17.7 Å². The topological polar surface area (TPSA) is 30.5 Å². The zero-order valence-electron chi connectivity index (χ0n) is 8.76. The minimum absolute atomic E-state index is 0.505. The van der Waals surface area contributed by atoms with E-state index < -0.39 is 0 Å². The molecule has 0 saturated carbocycles. The Morgan fingerprint density at radius 3 is 2.71 bits per heavy atom. The summed E-state index contributed by atoms with van der Waals surface area (Å²) >= 11 is 0. The molecule has 1 aromatic rings. The normalized spacial score (nSPS) is 18.6. The first-order valence-corrected chi connectivity index (χ1v) is 4.76. The van der Waals surface area contributed by atoms with Crippen molar-refractivity contribution in [1.29, 1.82) is 0 Å². The quantitative estimate of drug-likeness (QED) is 0.781. The molecule has 0 amide bonds. The molecule has 1 N–H and O–H groups in total. The highest BCUT2D eigenvalue weighted by molar-refractivity contribution is 5.66. The summed E-state index contributed by atoms with van der Waals surface area (Å²) in [5, 5.41) is 3.34. The van der Waals surface area contributed by atoms with Crippen LogP contribution in [0.4, 0.5) is 5.69 Å². The second kappa shape index (κ2) is 3.40. The molecule has 1 aliphatic rings. The zero-order chi connectivity index (χ0) is 10.1. The fourth-order valence-electron chi connectivity index (χ4n) is 1.91. The number of rotatable bonds is 2. The molecule has 1 aliphatic heterocycles. The molecule has 0 bridgehead atoms. The van der Waals surface area contributed by atoms with Gasteiger partial charge in [0, 0.05) is 35.8 Å². The predicted octanol–water partition coefficient (Wildman–Crippen LogP) is 2.23. The van der Waals surface area contributed by atoms with Gasteiger partial charge >= 0.3 is 0 Å². The summed E-state index contributed by atoms with van der Waals surface area (Å²) in [6.45, 7) is 3.16. The predicted molar refractivity (Wildman–Crippen MR) is 56.5 cm³/mol. The van der Waals surface area contributed by atoms with E-state index in [0.717, 1.165) is 23.7 Å². The van der Waals surface area contributed by atoms with Crippen molar-refractivity contribution in [3.8, 4) is 11.5 Å². The molecule has 0 saturated heterocycles. The Bertz CT molecular complexity index is 349. The molecule has 1 atom stereocenters. The summed E-state index contributed by atoms with van der Waals surface area (Å²) in [6.07, 6.45) is 0. The van der Waals surface area contributed by atoms with Gasteiger partial charge in [-0.3, -0.25) is 0 Å². The monoisotopic (exact) mass is 193 g/mol. The standard InChI is InChI=1S/C11H15NO2/c1-7-6-12-9-4-8(13-2)5-10(14-3)11(7)9/h4-5,7,12H,6H2,1-3H3/t7-/m0/s1. The van der Waals surface area contributed by atoms with Gasteiger partial charge in [0.25, 0.3) is 0 Å². The Balaban J connectivity index is 2.52. The molecule has 2 rings (SSSR count). The van der Waals surface area contributed by atoms with E-state index in [4.69, 9.17) is 9.47 Å². The highest BCUT2D eigenvalue weighted by Gasteiger charge is 2.23. The molecule has 0 aliphatic carbocycles. The summed E-state index contributed by atoms with van der Waals surface area (Å²) in [5.74, 6) is 2.25. The van der Waals surface area contributed by atoms with E-state index >= 15 is 0 Å². The largest absolute Gasteiger partial charge is 0.497 e. The Morgan fingerprint density at radius 2 is 2.07 bits per heavy atom. The number of fused-ring (bicyclic) bond motifs is 1. The van der Waals surface area contributed by atoms with Gasteiger partial charge in [0.1, 0.15) is 11.5 Å². The van der Waals surface area contributed by atoms with Crippen LogP contribution in [0.3, 0.4) is 0 Å². The van der Waals surface area contributed by atoms with E-state index in [0.29, 0.717) is 5.92 Å². The third kappa shape index (κ3) is 1.29. The number of anilines is 1. The molecule has 14 heavy (non-hydrogen) atoms. The van der Waals surface area contributed by atoms with Crippen molar-refractivity contribution >= 4 is 5.69 Å². The van der Waals surface area contributed by atoms with Crippen LogP contribution in [0.1, 0.15) is 18.4 Å². The number of methoxy groups -OCH3 is 2. The van der Waals surface area contributed by atoms with Crippen LogP contribution < -0.4 is 14.8 Å². The van der Waals surface area contributed by atoms with Gasteiger partial charge in [0.15, 0.2) is 0 Å². The third-order valence-electron chi connectivity index (χ3n) is 2.66. The first kappa shape index (κ1) is 9.19. The number of hydrogen-bond acceptors (Lipinski definition) is 3. The van der Waals surface area contributed by atoms with Crippen molar-refractivity contribution in [3.63, 3.8) is 0 Å². The van der Waals surface area contributed by atoms with Crippen LogP contribution >= 0.6 is 0 Å². The second-order valence-corrected chi connectivity index (χ2v) is 3.57. The molecule has 0 fully saturated rings. The molecule has 0 radical (unpaired) electrons. The molecule has 0 aromatic heterocycles. The van der Waals surface area contributed by atoms with E-state index in [1.54, 1.807) is 14.2 Å². The van der Waals surface area contributed by atoms with E-state index in [1.807, 2.05) is 12.1 Å². The minimum Gasteiger partial charge on any atom is -0.497 e. The summed E-state index contributed by atoms with van der Waals surface area (Å²) in [4.78, 5) is 0. The first-order chi connectivity index (χ1) is 6.76. The second-order valence-electron chi connectivity index (χ2n) is 3.57. The van der Waals surface area contributed by atoms with Crippen molar-refractivity contribution in [1.82, 2.24) is 0 Å². The summed E-state index contributed by atoms with van der Waals surface area (Å²) in [6, 6.07) is 3.95. The SMILES string of the molecule is COc1cc2c(c(OC)c1)[C@@H](C)CN2. The molecule has 3 nitrogen and oxygen atoms in total. The molecule has 0 spiro atoms. The Morgan fingerprint density at radius 1 is 1.29 bits per heavy atom. The average Bonchev–Trinajstić information content (AvgIpc) is 2.59. The van der Waals surface area contributed by atoms with Crippen molar-refractivity contribution in [2.45, 2.75) is 12.8 Å². The van der Waals surface area contributed by atoms with Gasteiger partial charge in [-0.15, -0.1) is 0 Å². The van der Waals surface area contributed by atoms with Crippen molar-refractivity contribution in [2.75, 3.05) is 26.1 Å². The first-order valence-electron chi connectivity index (χ1n) is 4.76. The fraction of sp³-hybridized carbons (Fsp3) is 0.455. The third-order valence-corrected chi connectivity index (χ3v) is 2.66. The molecule has 1 heterocycles. The number of ether oxygens (including phenoxy) is 2. The lowest BCUT2D eigenvalue weighted by molar-refractivity contribution is 0.391. The maximum Gasteiger partial charge on any atom is 0.128 e. The number of nitrogens with one attached hydrogen (secondary N) is 1. The van der Waals surface area contributed by atoms with Crippen LogP contribution in [0, 0.1) is 0 Å². The highest BCUT2D eigenvalue weighted by atomic mass is 16.5. The maximum atomic E-state index is 5.35. The maximum absolute atomic E-state index is 5.35. The van der Waals surface area contributed by atoms with Gasteiger partial charge in [-0.25, -0.2) is 0 Å². The average molecular weight is 193 g/mol. The van der Waals surface area contributed by atoms with Gasteiger partial charge in [-0.1, -0.05) is 6.92 Å². The molecule has 1 aromatic carbocycles. The van der Waals surface area contributed by atoms with Crippen LogP contribution in [0.5, 0.6) is 11.5 Å². The van der Waals surface area contributed by atoms with Crippen LogP contribution in [-0.4, -0.2) is 20.8 Å². The van der Waals surface area contributed by atoms with Gasteiger partial charge < -0.3 is 14.8 Å². The van der Waals surface area contributed by atoms with Crippen molar-refractivity contribution in [2.24, 2.45) is 0 Å². The summed E-state index contributed by atoms with van der Waals surface area (Å²) < 4.78 is 10.5. The fourth-order valence-corrected chi connectivity index (χ4v) is 1.91. The summed E-state index contributed by atoms with van der Waals surface area (Å²) in [7, 11) is 3.36. The zero-order valence-corrected chi connectivity index (χ0v) is 8.76. The van der Waals surface area contributed by atoms with Crippen molar-refractivity contribution < 1.29 is 9.47 Å². The molecule has 0 unspecified atom stereocenters. The van der Waals surface area contributed by atoms with Crippen LogP contribution in [0.15, 0.2) is 12.1 Å².